The predicted octanol–water partition coefficient (Wildman–Crippen LogP) is 5.78. The van der Waals surface area contributed by atoms with Gasteiger partial charge in [0.15, 0.2) is 6.61 Å². The van der Waals surface area contributed by atoms with Crippen LogP contribution >= 0.6 is 0 Å². The van der Waals surface area contributed by atoms with Gasteiger partial charge in [0.2, 0.25) is 5.91 Å². The van der Waals surface area contributed by atoms with Gasteiger partial charge in [0.1, 0.15) is 17.5 Å². The first-order valence-electron chi connectivity index (χ1n) is 13.4. The number of nitrogens with zero attached hydrogens (tertiary/aromatic N) is 1. The number of carbonyl (C=O) groups excluding carboxylic acids is 2. The van der Waals surface area contributed by atoms with Crippen molar-refractivity contribution in [2.45, 2.75) is 45.3 Å². The molecule has 4 aromatic carbocycles. The molecule has 0 aliphatic carbocycles. The SMILES string of the molecule is CC[C@H](C)NC(=O)[C@H](Cc1ccccc1)N(Cc1cccc(OC)c1)C(=O)COc1cccc2ccccc12. The van der Waals surface area contributed by atoms with Crippen molar-refractivity contribution in [1.29, 1.82) is 0 Å². The smallest absolute Gasteiger partial charge is 0.261 e. The number of methoxy groups -OCH3 is 1. The lowest BCUT2D eigenvalue weighted by Gasteiger charge is -2.32. The van der Waals surface area contributed by atoms with Crippen molar-refractivity contribution < 1.29 is 19.1 Å². The lowest BCUT2D eigenvalue weighted by molar-refractivity contribution is -0.143. The summed E-state index contributed by atoms with van der Waals surface area (Å²) in [6.45, 7) is 4.03. The van der Waals surface area contributed by atoms with E-state index in [1.807, 2.05) is 111 Å². The quantitative estimate of drug-likeness (QED) is 0.255. The summed E-state index contributed by atoms with van der Waals surface area (Å²) < 4.78 is 11.5. The van der Waals surface area contributed by atoms with Gasteiger partial charge in [0, 0.05) is 24.4 Å². The largest absolute Gasteiger partial charge is 0.497 e. The zero-order chi connectivity index (χ0) is 27.6. The third-order valence-electron chi connectivity index (χ3n) is 6.86. The Morgan fingerprint density at radius 1 is 0.872 bits per heavy atom. The van der Waals surface area contributed by atoms with Crippen molar-refractivity contribution in [3.8, 4) is 11.5 Å². The second-order valence-corrected chi connectivity index (χ2v) is 9.66. The van der Waals surface area contributed by atoms with Crippen LogP contribution in [0, 0.1) is 0 Å². The molecule has 1 N–H and O–H groups in total. The molecule has 0 spiro atoms. The molecule has 0 unspecified atom stereocenters. The van der Waals surface area contributed by atoms with E-state index in [-0.39, 0.29) is 31.0 Å². The van der Waals surface area contributed by atoms with Gasteiger partial charge in [-0.15, -0.1) is 0 Å². The van der Waals surface area contributed by atoms with Crippen LogP contribution in [-0.2, 0) is 22.6 Å². The third kappa shape index (κ3) is 7.38. The third-order valence-corrected chi connectivity index (χ3v) is 6.86. The summed E-state index contributed by atoms with van der Waals surface area (Å²) in [4.78, 5) is 29.2. The van der Waals surface area contributed by atoms with Gasteiger partial charge in [0.05, 0.1) is 7.11 Å². The highest BCUT2D eigenvalue weighted by molar-refractivity contribution is 5.90. The molecule has 6 nitrogen and oxygen atoms in total. The topological polar surface area (TPSA) is 67.9 Å². The van der Waals surface area contributed by atoms with E-state index in [9.17, 15) is 9.59 Å². The van der Waals surface area contributed by atoms with Crippen LogP contribution in [0.5, 0.6) is 11.5 Å². The van der Waals surface area contributed by atoms with E-state index in [1.54, 1.807) is 12.0 Å². The maximum atomic E-state index is 13.9. The second kappa shape index (κ2) is 13.5. The van der Waals surface area contributed by atoms with Crippen LogP contribution in [0.15, 0.2) is 97.1 Å². The molecule has 0 aromatic heterocycles. The zero-order valence-electron chi connectivity index (χ0n) is 22.8. The average Bonchev–Trinajstić information content (AvgIpc) is 2.98. The molecule has 0 fully saturated rings. The number of benzene rings is 4. The molecule has 202 valence electrons. The van der Waals surface area contributed by atoms with Crippen LogP contribution in [-0.4, -0.2) is 42.5 Å². The molecule has 6 heteroatoms. The van der Waals surface area contributed by atoms with Crippen LogP contribution in [0.2, 0.25) is 0 Å². The number of nitrogens with one attached hydrogen (secondary N) is 1. The fourth-order valence-electron chi connectivity index (χ4n) is 4.51. The molecular formula is C33H36N2O4. The summed E-state index contributed by atoms with van der Waals surface area (Å²) in [6, 6.07) is 30.3. The van der Waals surface area contributed by atoms with Gasteiger partial charge in [-0.25, -0.2) is 0 Å². The van der Waals surface area contributed by atoms with Crippen LogP contribution in [0.3, 0.4) is 0 Å². The van der Waals surface area contributed by atoms with Crippen molar-refractivity contribution >= 4 is 22.6 Å². The standard InChI is InChI=1S/C33H36N2O4/c1-4-24(2)34-33(37)30(21-25-12-6-5-7-13-25)35(22-26-14-10-17-28(20-26)38-3)32(36)23-39-31-19-11-16-27-15-8-9-18-29(27)31/h5-20,24,30H,4,21-23H2,1-3H3,(H,34,37)/t24-,30-/m0/s1. The summed E-state index contributed by atoms with van der Waals surface area (Å²) in [5, 5.41) is 5.06. The number of amides is 2. The number of ether oxygens (including phenoxy) is 2. The highest BCUT2D eigenvalue weighted by atomic mass is 16.5. The van der Waals surface area contributed by atoms with Gasteiger partial charge in [-0.2, -0.15) is 0 Å². The van der Waals surface area contributed by atoms with Gasteiger partial charge in [-0.1, -0.05) is 85.8 Å². The van der Waals surface area contributed by atoms with E-state index in [1.165, 1.54) is 0 Å². The molecule has 0 heterocycles. The Balaban J connectivity index is 1.66. The molecule has 4 aromatic rings. The summed E-state index contributed by atoms with van der Waals surface area (Å²) in [5.74, 6) is 0.864. The first-order valence-corrected chi connectivity index (χ1v) is 13.4. The molecule has 2 amide bonds. The lowest BCUT2D eigenvalue weighted by Crippen LogP contribution is -2.53. The minimum Gasteiger partial charge on any atom is -0.497 e. The summed E-state index contributed by atoms with van der Waals surface area (Å²) in [6.07, 6.45) is 1.17. The minimum absolute atomic E-state index is 0.0172. The second-order valence-electron chi connectivity index (χ2n) is 9.66. The molecule has 39 heavy (non-hydrogen) atoms. The van der Waals surface area contributed by atoms with E-state index in [2.05, 4.69) is 5.32 Å². The maximum Gasteiger partial charge on any atom is 0.261 e. The van der Waals surface area contributed by atoms with Gasteiger partial charge in [-0.05, 0) is 48.1 Å². The molecule has 4 rings (SSSR count). The van der Waals surface area contributed by atoms with Crippen LogP contribution in [0.25, 0.3) is 10.8 Å². The number of hydrogen-bond donors (Lipinski definition) is 1. The lowest BCUT2D eigenvalue weighted by atomic mass is 10.0. The van der Waals surface area contributed by atoms with Gasteiger partial charge < -0.3 is 19.7 Å². The zero-order valence-corrected chi connectivity index (χ0v) is 22.8. The van der Waals surface area contributed by atoms with Gasteiger partial charge in [0.25, 0.3) is 5.91 Å². The highest BCUT2D eigenvalue weighted by Gasteiger charge is 2.31. The molecule has 0 aliphatic heterocycles. The van der Waals surface area contributed by atoms with Crippen molar-refractivity contribution in [1.82, 2.24) is 10.2 Å². The Morgan fingerprint density at radius 3 is 2.33 bits per heavy atom. The summed E-state index contributed by atoms with van der Waals surface area (Å²) in [7, 11) is 1.61. The Kier molecular flexibility index (Phi) is 9.57. The van der Waals surface area contributed by atoms with Crippen molar-refractivity contribution in [3.05, 3.63) is 108 Å². The molecule has 0 saturated heterocycles. The first-order chi connectivity index (χ1) is 19.0. The van der Waals surface area contributed by atoms with E-state index in [0.717, 1.165) is 28.3 Å². The molecule has 0 aliphatic rings. The predicted molar refractivity (Wildman–Crippen MR) is 155 cm³/mol. The average molecular weight is 525 g/mol. The number of carbonyl (C=O) groups is 2. The fraction of sp³-hybridized carbons (Fsp3) is 0.273. The van der Waals surface area contributed by atoms with Crippen LogP contribution < -0.4 is 14.8 Å². The van der Waals surface area contributed by atoms with Gasteiger partial charge >= 0.3 is 0 Å². The molecule has 2 atom stereocenters. The molecular weight excluding hydrogens is 488 g/mol. The molecule has 0 saturated carbocycles. The minimum atomic E-state index is -0.726. The number of rotatable bonds is 12. The highest BCUT2D eigenvalue weighted by Crippen LogP contribution is 2.26. The molecule has 0 radical (unpaired) electrons. The van der Waals surface area contributed by atoms with Crippen molar-refractivity contribution in [2.24, 2.45) is 0 Å². The monoisotopic (exact) mass is 524 g/mol. The van der Waals surface area contributed by atoms with E-state index >= 15 is 0 Å². The summed E-state index contributed by atoms with van der Waals surface area (Å²) >= 11 is 0. The van der Waals surface area contributed by atoms with E-state index in [0.29, 0.717) is 17.9 Å². The van der Waals surface area contributed by atoms with Crippen LogP contribution in [0.4, 0.5) is 0 Å². The number of fused-ring (bicyclic) bond motifs is 1. The fourth-order valence-corrected chi connectivity index (χ4v) is 4.51. The maximum absolute atomic E-state index is 13.9. The Hall–Kier alpha value is -4.32. The Bertz CT molecular complexity index is 1380. The Morgan fingerprint density at radius 2 is 1.56 bits per heavy atom. The van der Waals surface area contributed by atoms with E-state index < -0.39 is 6.04 Å². The molecule has 0 bridgehead atoms. The van der Waals surface area contributed by atoms with Crippen LogP contribution in [0.1, 0.15) is 31.4 Å². The van der Waals surface area contributed by atoms with Gasteiger partial charge in [-0.3, -0.25) is 9.59 Å². The van der Waals surface area contributed by atoms with E-state index in [4.69, 9.17) is 9.47 Å². The normalized spacial score (nSPS) is 12.4. The number of hydrogen-bond acceptors (Lipinski definition) is 4. The van der Waals surface area contributed by atoms with Crippen molar-refractivity contribution in [2.75, 3.05) is 13.7 Å². The van der Waals surface area contributed by atoms with Crippen molar-refractivity contribution in [3.63, 3.8) is 0 Å². The Labute approximate surface area is 230 Å². The first kappa shape index (κ1) is 27.7. The summed E-state index contributed by atoms with van der Waals surface area (Å²) in [5.41, 5.74) is 1.84.